The molecule has 4 aromatic rings. The highest BCUT2D eigenvalue weighted by Crippen LogP contribution is 2.31. The number of Topliss-reactive ketones (excluding diaryl/α,β-unsaturated/α-hetero) is 1. The van der Waals surface area contributed by atoms with E-state index in [1.54, 1.807) is 45.1 Å². The number of rotatable bonds is 13. The molecule has 328 valence electrons. The fraction of sp³-hybridized carbons (Fsp3) is 0.463. The number of aryl methyl sites for hydroxylation is 8. The monoisotopic (exact) mass is 831 g/mol. The zero-order valence-electron chi connectivity index (χ0n) is 38.3. The molecule has 0 bridgehead atoms. The van der Waals surface area contributed by atoms with E-state index in [0.29, 0.717) is 16.9 Å². The normalized spacial score (nSPS) is 14.4. The molecular formula is C54H70O7. The topological polar surface area (TPSA) is 110 Å². The van der Waals surface area contributed by atoms with Gasteiger partial charge in [-0.3, -0.25) is 14.4 Å². The molecule has 61 heavy (non-hydrogen) atoms. The number of ether oxygens (including phenoxy) is 2. The van der Waals surface area contributed by atoms with Gasteiger partial charge in [-0.05, 0) is 192 Å². The van der Waals surface area contributed by atoms with Crippen LogP contribution in [-0.4, -0.2) is 41.3 Å². The van der Waals surface area contributed by atoms with Crippen molar-refractivity contribution in [2.24, 2.45) is 11.8 Å². The standard InChI is InChI=1S/C27H34O3.C18H26O2.C9H10O2/c1-18-14-23(15-19(2)26(18)29)10-11-25(28)24-16-20(3)27(21(4)17-24)30-13-12-22-8-6-5-7-9-22;1-13-11-17(15(3)19)12-14(2)18(13)20-10-9-16-7-5-4-6-8-16;1-6-3-8(5-10)4-7(2)9(6)11/h10-11,14-17,22,29H,5-9,12-13H2,1-4H3;11-12,16H,4-10H2,1-3H3;3-5,11H,1-2H3/b11-10+;;. The minimum Gasteiger partial charge on any atom is -0.507 e. The molecule has 0 aliphatic heterocycles. The predicted molar refractivity (Wildman–Crippen MR) is 249 cm³/mol. The first-order valence-corrected chi connectivity index (χ1v) is 22.3. The third kappa shape index (κ3) is 14.8. The van der Waals surface area contributed by atoms with E-state index in [4.69, 9.17) is 9.47 Å². The number of hydrogen-bond acceptors (Lipinski definition) is 7. The van der Waals surface area contributed by atoms with Crippen molar-refractivity contribution in [2.45, 2.75) is 139 Å². The van der Waals surface area contributed by atoms with E-state index in [9.17, 15) is 24.6 Å². The van der Waals surface area contributed by atoms with Crippen molar-refractivity contribution < 1.29 is 34.1 Å². The molecule has 0 unspecified atom stereocenters. The van der Waals surface area contributed by atoms with Gasteiger partial charge in [-0.25, -0.2) is 0 Å². The second-order valence-electron chi connectivity index (χ2n) is 17.5. The summed E-state index contributed by atoms with van der Waals surface area (Å²) in [6.45, 7) is 18.5. The molecule has 2 fully saturated rings. The Balaban J connectivity index is 0.000000226. The number of ketones is 2. The number of carbonyl (C=O) groups excluding carboxylic acids is 3. The molecule has 0 aromatic heterocycles. The van der Waals surface area contributed by atoms with E-state index in [-0.39, 0.29) is 17.3 Å². The Morgan fingerprint density at radius 3 is 1.26 bits per heavy atom. The summed E-state index contributed by atoms with van der Waals surface area (Å²) in [5.74, 6) is 4.20. The third-order valence-electron chi connectivity index (χ3n) is 12.2. The molecule has 2 aliphatic rings. The van der Waals surface area contributed by atoms with Gasteiger partial charge in [0, 0.05) is 16.7 Å². The van der Waals surface area contributed by atoms with Gasteiger partial charge in [0.25, 0.3) is 0 Å². The Morgan fingerprint density at radius 2 is 0.902 bits per heavy atom. The first-order chi connectivity index (χ1) is 29.1. The van der Waals surface area contributed by atoms with Crippen LogP contribution in [0.1, 0.15) is 165 Å². The molecule has 6 rings (SSSR count). The molecule has 0 amide bonds. The number of phenolic OH excluding ortho intramolecular Hbond substituents is 2. The van der Waals surface area contributed by atoms with E-state index in [0.717, 1.165) is 111 Å². The van der Waals surface area contributed by atoms with Gasteiger partial charge in [-0.1, -0.05) is 70.3 Å². The van der Waals surface area contributed by atoms with E-state index >= 15 is 0 Å². The van der Waals surface area contributed by atoms with E-state index in [1.165, 1.54) is 64.2 Å². The summed E-state index contributed by atoms with van der Waals surface area (Å²) in [6, 6.07) is 14.8. The first-order valence-electron chi connectivity index (χ1n) is 22.3. The minimum absolute atomic E-state index is 0.0293. The highest BCUT2D eigenvalue weighted by molar-refractivity contribution is 6.07. The highest BCUT2D eigenvalue weighted by Gasteiger charge is 2.17. The number of allylic oxidation sites excluding steroid dienone is 1. The Morgan fingerprint density at radius 1 is 0.541 bits per heavy atom. The van der Waals surface area contributed by atoms with Gasteiger partial charge in [0.2, 0.25) is 0 Å². The SMILES string of the molecule is CC(=O)c1cc(C)c(OCCC2CCCCC2)c(C)c1.Cc1cc(/C=C/C(=O)c2cc(C)c(OCCC3CCCCC3)c(C)c2)cc(C)c1O.Cc1cc(C=O)cc(C)c1O. The number of carbonyl (C=O) groups is 3. The zero-order valence-corrected chi connectivity index (χ0v) is 38.3. The molecule has 0 radical (unpaired) electrons. The van der Waals surface area contributed by atoms with Crippen LogP contribution < -0.4 is 9.47 Å². The molecule has 0 saturated heterocycles. The molecule has 4 aromatic carbocycles. The first kappa shape index (κ1) is 48.5. The third-order valence-corrected chi connectivity index (χ3v) is 12.2. The summed E-state index contributed by atoms with van der Waals surface area (Å²) in [4.78, 5) is 34.5. The quantitative estimate of drug-likeness (QED) is 0.0784. The predicted octanol–water partition coefficient (Wildman–Crippen LogP) is 13.5. The van der Waals surface area contributed by atoms with Crippen LogP contribution in [0.3, 0.4) is 0 Å². The second-order valence-corrected chi connectivity index (χ2v) is 17.5. The van der Waals surface area contributed by atoms with Crippen molar-refractivity contribution in [2.75, 3.05) is 13.2 Å². The lowest BCUT2D eigenvalue weighted by atomic mass is 9.87. The fourth-order valence-electron chi connectivity index (χ4n) is 8.72. The molecule has 2 saturated carbocycles. The van der Waals surface area contributed by atoms with Gasteiger partial charge in [-0.2, -0.15) is 0 Å². The molecule has 7 nitrogen and oxygen atoms in total. The second kappa shape index (κ2) is 23.7. The smallest absolute Gasteiger partial charge is 0.185 e. The average molecular weight is 831 g/mol. The number of phenols is 2. The summed E-state index contributed by atoms with van der Waals surface area (Å²) in [5, 5.41) is 19.2. The van der Waals surface area contributed by atoms with Crippen molar-refractivity contribution in [3.63, 3.8) is 0 Å². The molecule has 7 heteroatoms. The van der Waals surface area contributed by atoms with Crippen molar-refractivity contribution in [1.29, 1.82) is 0 Å². The summed E-state index contributed by atoms with van der Waals surface area (Å²) in [5.41, 5.74) is 10.2. The fourth-order valence-corrected chi connectivity index (χ4v) is 8.72. The van der Waals surface area contributed by atoms with Crippen LogP contribution >= 0.6 is 0 Å². The molecule has 2 aliphatic carbocycles. The molecule has 0 heterocycles. The van der Waals surface area contributed by atoms with Gasteiger partial charge >= 0.3 is 0 Å². The Hall–Kier alpha value is -5.17. The maximum atomic E-state index is 12.7. The minimum atomic E-state index is -0.0293. The maximum Gasteiger partial charge on any atom is 0.185 e. The van der Waals surface area contributed by atoms with E-state index in [2.05, 4.69) is 0 Å². The highest BCUT2D eigenvalue weighted by atomic mass is 16.5. The number of aromatic hydroxyl groups is 2. The summed E-state index contributed by atoms with van der Waals surface area (Å²) >= 11 is 0. The van der Waals surface area contributed by atoms with Gasteiger partial charge in [-0.15, -0.1) is 0 Å². The largest absolute Gasteiger partial charge is 0.507 e. The average Bonchev–Trinajstić information content (AvgIpc) is 3.23. The number of aldehydes is 1. The molecular weight excluding hydrogens is 761 g/mol. The number of hydrogen-bond donors (Lipinski definition) is 2. The zero-order chi connectivity index (χ0) is 44.6. The molecule has 2 N–H and O–H groups in total. The van der Waals surface area contributed by atoms with Gasteiger partial charge < -0.3 is 19.7 Å². The van der Waals surface area contributed by atoms with Crippen molar-refractivity contribution in [3.8, 4) is 23.0 Å². The lowest BCUT2D eigenvalue weighted by Crippen LogP contribution is -2.11. The van der Waals surface area contributed by atoms with Crippen LogP contribution in [0.15, 0.2) is 54.6 Å². The van der Waals surface area contributed by atoms with Crippen molar-refractivity contribution >= 4 is 23.9 Å². The molecule has 0 atom stereocenters. The van der Waals surface area contributed by atoms with Gasteiger partial charge in [0.05, 0.1) is 13.2 Å². The lowest BCUT2D eigenvalue weighted by Gasteiger charge is -2.22. The number of benzene rings is 4. The van der Waals surface area contributed by atoms with Crippen LogP contribution in [0.25, 0.3) is 6.08 Å². The van der Waals surface area contributed by atoms with Crippen molar-refractivity contribution in [1.82, 2.24) is 0 Å². The Bertz CT molecular complexity index is 2050. The summed E-state index contributed by atoms with van der Waals surface area (Å²) in [7, 11) is 0. The van der Waals surface area contributed by atoms with Crippen LogP contribution in [0.5, 0.6) is 23.0 Å². The van der Waals surface area contributed by atoms with Crippen LogP contribution in [0.4, 0.5) is 0 Å². The Kier molecular flexibility index (Phi) is 18.9. The van der Waals surface area contributed by atoms with Crippen molar-refractivity contribution in [3.05, 3.63) is 121 Å². The maximum absolute atomic E-state index is 12.7. The lowest BCUT2D eigenvalue weighted by molar-refractivity contribution is 0.101. The van der Waals surface area contributed by atoms with Crippen LogP contribution in [0, 0.1) is 67.2 Å². The van der Waals surface area contributed by atoms with Crippen LogP contribution in [-0.2, 0) is 0 Å². The molecule has 0 spiro atoms. The van der Waals surface area contributed by atoms with Crippen LogP contribution in [0.2, 0.25) is 0 Å². The summed E-state index contributed by atoms with van der Waals surface area (Å²) in [6.07, 6.45) is 20.1. The van der Waals surface area contributed by atoms with Gasteiger partial charge in [0.1, 0.15) is 29.3 Å². The Labute approximate surface area is 365 Å². The summed E-state index contributed by atoms with van der Waals surface area (Å²) < 4.78 is 12.1. The van der Waals surface area contributed by atoms with E-state index < -0.39 is 0 Å². The van der Waals surface area contributed by atoms with Gasteiger partial charge in [0.15, 0.2) is 11.6 Å². The van der Waals surface area contributed by atoms with E-state index in [1.807, 2.05) is 77.9 Å².